The zero-order valence-electron chi connectivity index (χ0n) is 12.9. The van der Waals surface area contributed by atoms with E-state index in [2.05, 4.69) is 0 Å². The molecule has 0 fully saturated rings. The molecule has 0 saturated heterocycles. The largest absolute Gasteiger partial charge is 0.493 e. The van der Waals surface area contributed by atoms with Crippen molar-refractivity contribution in [2.75, 3.05) is 34.4 Å². The first-order valence-corrected chi connectivity index (χ1v) is 6.67. The van der Waals surface area contributed by atoms with Gasteiger partial charge in [-0.25, -0.2) is 0 Å². The van der Waals surface area contributed by atoms with Gasteiger partial charge in [0.05, 0.1) is 27.8 Å². The van der Waals surface area contributed by atoms with Crippen molar-refractivity contribution in [3.8, 4) is 17.2 Å². The molecule has 5 heteroatoms. The Bertz CT molecular complexity index is 430. The topological polar surface area (TPSA) is 48.0 Å². The van der Waals surface area contributed by atoms with Gasteiger partial charge in [0.15, 0.2) is 11.5 Å². The summed E-state index contributed by atoms with van der Waals surface area (Å²) in [6, 6.07) is 3.62. The molecule has 0 bridgehead atoms. The van der Waals surface area contributed by atoms with Crippen LogP contribution in [0.3, 0.4) is 0 Å². The first-order valence-electron chi connectivity index (χ1n) is 6.67. The van der Waals surface area contributed by atoms with Crippen molar-refractivity contribution in [3.05, 3.63) is 17.7 Å². The maximum Gasteiger partial charge on any atom is 0.226 e. The average Bonchev–Trinajstić information content (AvgIpc) is 2.47. The number of carbonyl (C=O) groups excluding carboxylic acids is 1. The zero-order valence-corrected chi connectivity index (χ0v) is 12.9. The summed E-state index contributed by atoms with van der Waals surface area (Å²) in [7, 11) is 4.68. The van der Waals surface area contributed by atoms with E-state index in [0.29, 0.717) is 36.8 Å². The Kier molecular flexibility index (Phi) is 6.15. The summed E-state index contributed by atoms with van der Waals surface area (Å²) in [5.74, 6) is 1.75. The molecule has 1 rings (SSSR count). The van der Waals surface area contributed by atoms with Crippen LogP contribution in [0.2, 0.25) is 0 Å². The van der Waals surface area contributed by atoms with Crippen molar-refractivity contribution in [2.45, 2.75) is 20.3 Å². The molecule has 0 spiro atoms. The Balaban J connectivity index is 3.04. The first kappa shape index (κ1) is 16.1. The molecule has 0 saturated carbocycles. The van der Waals surface area contributed by atoms with Crippen molar-refractivity contribution >= 4 is 5.91 Å². The Labute approximate surface area is 120 Å². The van der Waals surface area contributed by atoms with Crippen molar-refractivity contribution < 1.29 is 19.0 Å². The van der Waals surface area contributed by atoms with Gasteiger partial charge in [0.25, 0.3) is 0 Å². The van der Waals surface area contributed by atoms with Gasteiger partial charge in [-0.05, 0) is 31.5 Å². The van der Waals surface area contributed by atoms with Gasteiger partial charge < -0.3 is 19.1 Å². The summed E-state index contributed by atoms with van der Waals surface area (Å²) in [5, 5.41) is 0. The lowest BCUT2D eigenvalue weighted by molar-refractivity contribution is -0.130. The Morgan fingerprint density at radius 3 is 1.85 bits per heavy atom. The highest BCUT2D eigenvalue weighted by molar-refractivity contribution is 5.79. The van der Waals surface area contributed by atoms with Gasteiger partial charge in [0, 0.05) is 13.1 Å². The molecule has 1 aromatic rings. The standard InChI is InChI=1S/C15H23NO4/c1-6-16(7-2)14(17)10-11-8-12(18-3)15(20-5)13(9-11)19-4/h8-9H,6-7,10H2,1-5H3. The number of methoxy groups -OCH3 is 3. The molecule has 1 amide bonds. The summed E-state index contributed by atoms with van der Waals surface area (Å²) in [4.78, 5) is 13.9. The monoisotopic (exact) mass is 281 g/mol. The zero-order chi connectivity index (χ0) is 15.1. The van der Waals surface area contributed by atoms with Crippen LogP contribution in [0.15, 0.2) is 12.1 Å². The molecule has 0 unspecified atom stereocenters. The Hall–Kier alpha value is -1.91. The van der Waals surface area contributed by atoms with E-state index < -0.39 is 0 Å². The van der Waals surface area contributed by atoms with Crippen LogP contribution in [0.1, 0.15) is 19.4 Å². The van der Waals surface area contributed by atoms with E-state index in [4.69, 9.17) is 14.2 Å². The van der Waals surface area contributed by atoms with Crippen molar-refractivity contribution in [1.29, 1.82) is 0 Å². The molecule has 0 heterocycles. The van der Waals surface area contributed by atoms with Crippen molar-refractivity contribution in [2.24, 2.45) is 0 Å². The predicted octanol–water partition coefficient (Wildman–Crippen LogP) is 2.12. The van der Waals surface area contributed by atoms with E-state index in [1.54, 1.807) is 26.2 Å². The number of carbonyl (C=O) groups is 1. The fourth-order valence-corrected chi connectivity index (χ4v) is 2.10. The summed E-state index contributed by atoms with van der Waals surface area (Å²) in [6.07, 6.45) is 0.318. The maximum atomic E-state index is 12.1. The number of rotatable bonds is 7. The summed E-state index contributed by atoms with van der Waals surface area (Å²) < 4.78 is 15.8. The first-order chi connectivity index (χ1) is 9.60. The van der Waals surface area contributed by atoms with Crippen LogP contribution in [-0.4, -0.2) is 45.2 Å². The number of ether oxygens (including phenoxy) is 3. The van der Waals surface area contributed by atoms with Gasteiger partial charge in [-0.1, -0.05) is 0 Å². The van der Waals surface area contributed by atoms with Gasteiger partial charge in [-0.15, -0.1) is 0 Å². The van der Waals surface area contributed by atoms with Gasteiger partial charge in [-0.3, -0.25) is 4.79 Å². The number of amides is 1. The normalized spacial score (nSPS) is 10.1. The molecule has 20 heavy (non-hydrogen) atoms. The minimum absolute atomic E-state index is 0.0873. The van der Waals surface area contributed by atoms with Gasteiger partial charge in [0.1, 0.15) is 0 Å². The average molecular weight is 281 g/mol. The van der Waals surface area contributed by atoms with Crippen LogP contribution in [-0.2, 0) is 11.2 Å². The minimum atomic E-state index is 0.0873. The smallest absolute Gasteiger partial charge is 0.226 e. The number of nitrogens with zero attached hydrogens (tertiary/aromatic N) is 1. The Morgan fingerprint density at radius 1 is 1.00 bits per heavy atom. The molecule has 0 N–H and O–H groups in total. The highest BCUT2D eigenvalue weighted by atomic mass is 16.5. The van der Waals surface area contributed by atoms with Crippen LogP contribution in [0.25, 0.3) is 0 Å². The molecule has 0 atom stereocenters. The molecule has 5 nitrogen and oxygen atoms in total. The lowest BCUT2D eigenvalue weighted by atomic mass is 10.1. The van der Waals surface area contributed by atoms with E-state index in [9.17, 15) is 4.79 Å². The fourth-order valence-electron chi connectivity index (χ4n) is 2.10. The third-order valence-electron chi connectivity index (χ3n) is 3.20. The molecule has 0 aliphatic carbocycles. The SMILES string of the molecule is CCN(CC)C(=O)Cc1cc(OC)c(OC)c(OC)c1. The molecule has 112 valence electrons. The van der Waals surface area contributed by atoms with Crippen molar-refractivity contribution in [3.63, 3.8) is 0 Å². The van der Waals surface area contributed by atoms with E-state index >= 15 is 0 Å². The second-order valence-electron chi connectivity index (χ2n) is 4.28. The van der Waals surface area contributed by atoms with Gasteiger partial charge in [0.2, 0.25) is 11.7 Å². The summed E-state index contributed by atoms with van der Waals surface area (Å²) >= 11 is 0. The number of hydrogen-bond donors (Lipinski definition) is 0. The molecular formula is C15H23NO4. The Morgan fingerprint density at radius 2 is 1.50 bits per heavy atom. The van der Waals surface area contributed by atoms with Crippen LogP contribution in [0.5, 0.6) is 17.2 Å². The van der Waals surface area contributed by atoms with Crippen LogP contribution in [0.4, 0.5) is 0 Å². The summed E-state index contributed by atoms with van der Waals surface area (Å²) in [5.41, 5.74) is 0.844. The molecule has 0 aromatic heterocycles. The lowest BCUT2D eigenvalue weighted by Gasteiger charge is -2.19. The molecule has 0 radical (unpaired) electrons. The fraction of sp³-hybridized carbons (Fsp3) is 0.533. The van der Waals surface area contributed by atoms with E-state index in [1.807, 2.05) is 26.0 Å². The number of benzene rings is 1. The van der Waals surface area contributed by atoms with Crippen LogP contribution in [0, 0.1) is 0 Å². The quantitative estimate of drug-likeness (QED) is 0.768. The van der Waals surface area contributed by atoms with E-state index in [-0.39, 0.29) is 5.91 Å². The second-order valence-corrected chi connectivity index (χ2v) is 4.28. The van der Waals surface area contributed by atoms with Gasteiger partial charge in [-0.2, -0.15) is 0 Å². The molecule has 1 aromatic carbocycles. The van der Waals surface area contributed by atoms with E-state index in [1.165, 1.54) is 0 Å². The maximum absolute atomic E-state index is 12.1. The van der Waals surface area contributed by atoms with Crippen molar-refractivity contribution in [1.82, 2.24) is 4.90 Å². The summed E-state index contributed by atoms with van der Waals surface area (Å²) in [6.45, 7) is 5.35. The minimum Gasteiger partial charge on any atom is -0.493 e. The lowest BCUT2D eigenvalue weighted by Crippen LogP contribution is -2.31. The molecule has 0 aliphatic rings. The third kappa shape index (κ3) is 3.56. The molecule has 0 aliphatic heterocycles. The predicted molar refractivity (Wildman–Crippen MR) is 77.7 cm³/mol. The van der Waals surface area contributed by atoms with Gasteiger partial charge >= 0.3 is 0 Å². The van der Waals surface area contributed by atoms with Crippen LogP contribution < -0.4 is 14.2 Å². The highest BCUT2D eigenvalue weighted by Gasteiger charge is 2.16. The number of hydrogen-bond acceptors (Lipinski definition) is 4. The molecular weight excluding hydrogens is 258 g/mol. The van der Waals surface area contributed by atoms with E-state index in [0.717, 1.165) is 5.56 Å². The second kappa shape index (κ2) is 7.62. The third-order valence-corrected chi connectivity index (χ3v) is 3.20. The number of likely N-dealkylation sites (N-methyl/N-ethyl adjacent to an activating group) is 1. The highest BCUT2D eigenvalue weighted by Crippen LogP contribution is 2.38. The van der Waals surface area contributed by atoms with Crippen LogP contribution >= 0.6 is 0 Å².